The summed E-state index contributed by atoms with van der Waals surface area (Å²) in [5.74, 6) is -0.0853. The van der Waals surface area contributed by atoms with E-state index in [-0.39, 0.29) is 11.3 Å². The maximum Gasteiger partial charge on any atom is 0.295 e. The Kier molecular flexibility index (Phi) is 10.2. The van der Waals surface area contributed by atoms with E-state index >= 15 is 0 Å². The van der Waals surface area contributed by atoms with Crippen LogP contribution in [0.2, 0.25) is 0 Å². The van der Waals surface area contributed by atoms with Crippen LogP contribution in [0.1, 0.15) is 55.5 Å². The molecule has 0 aromatic heterocycles. The minimum absolute atomic E-state index is 0.0952. The Morgan fingerprint density at radius 2 is 1.59 bits per heavy atom. The number of carbonyl (C=O) groups is 2. The number of carbonyl (C=O) groups excluding carboxylic acids is 2. The van der Waals surface area contributed by atoms with E-state index in [1.165, 1.54) is 0 Å². The van der Waals surface area contributed by atoms with E-state index in [0.29, 0.717) is 43.4 Å². The van der Waals surface area contributed by atoms with E-state index in [1.54, 1.807) is 17.0 Å². The van der Waals surface area contributed by atoms with Crippen molar-refractivity contribution in [1.29, 1.82) is 0 Å². The third kappa shape index (κ3) is 6.98. The number of Topliss-reactive ketones (excluding diaryl/α,β-unsaturated/α-hetero) is 1. The van der Waals surface area contributed by atoms with Crippen LogP contribution in [-0.4, -0.2) is 59.4 Å². The van der Waals surface area contributed by atoms with Gasteiger partial charge in [0.15, 0.2) is 0 Å². The molecule has 0 bridgehead atoms. The standard InChI is InChI=1S/C34H40N2O5/c1-5-21-40-28-17-18-29(24(4)22-28)32(37)30-31(36(34(39)33(30)38)20-19-35(6-2)7-3)26-13-15-27(16-14-26)41-23-25-11-9-8-10-12-25/h8-18,22,31,37H,5-7,19-21,23H2,1-4H3/b32-30+. The second-order valence-corrected chi connectivity index (χ2v) is 10.2. The van der Waals surface area contributed by atoms with Gasteiger partial charge in [-0.05, 0) is 73.5 Å². The Morgan fingerprint density at radius 3 is 2.22 bits per heavy atom. The number of benzene rings is 3. The number of ketones is 1. The maximum absolute atomic E-state index is 13.5. The molecule has 1 aliphatic rings. The second-order valence-electron chi connectivity index (χ2n) is 10.2. The number of hydrogen-bond acceptors (Lipinski definition) is 6. The summed E-state index contributed by atoms with van der Waals surface area (Å²) in [7, 11) is 0. The van der Waals surface area contributed by atoms with E-state index < -0.39 is 17.7 Å². The van der Waals surface area contributed by atoms with Gasteiger partial charge in [-0.25, -0.2) is 0 Å². The summed E-state index contributed by atoms with van der Waals surface area (Å²) in [5, 5.41) is 11.5. The SMILES string of the molecule is CCCOc1ccc(/C(O)=C2\C(=O)C(=O)N(CCN(CC)CC)C2c2ccc(OCc3ccccc3)cc2)c(C)c1. The topological polar surface area (TPSA) is 79.3 Å². The van der Waals surface area contributed by atoms with Crippen LogP contribution < -0.4 is 9.47 Å². The molecule has 0 radical (unpaired) electrons. The number of likely N-dealkylation sites (N-methyl/N-ethyl adjacent to an activating group) is 1. The van der Waals surface area contributed by atoms with E-state index in [9.17, 15) is 14.7 Å². The summed E-state index contributed by atoms with van der Waals surface area (Å²) < 4.78 is 11.7. The Morgan fingerprint density at radius 1 is 0.902 bits per heavy atom. The first-order chi connectivity index (χ1) is 19.9. The van der Waals surface area contributed by atoms with Crippen molar-refractivity contribution in [2.45, 2.75) is 46.8 Å². The third-order valence-corrected chi connectivity index (χ3v) is 7.46. The lowest BCUT2D eigenvalue weighted by Crippen LogP contribution is -2.38. The van der Waals surface area contributed by atoms with E-state index in [0.717, 1.165) is 36.2 Å². The summed E-state index contributed by atoms with van der Waals surface area (Å²) in [6.45, 7) is 11.7. The van der Waals surface area contributed by atoms with E-state index in [2.05, 4.69) is 18.7 Å². The molecule has 4 rings (SSSR count). The predicted molar refractivity (Wildman–Crippen MR) is 161 cm³/mol. The molecular formula is C34H40N2O5. The first-order valence-corrected chi connectivity index (χ1v) is 14.4. The Balaban J connectivity index is 1.69. The molecule has 1 atom stereocenters. The van der Waals surface area contributed by atoms with Gasteiger partial charge in [0.1, 0.15) is 23.9 Å². The minimum atomic E-state index is -0.718. The molecule has 3 aromatic rings. The van der Waals surface area contributed by atoms with Gasteiger partial charge < -0.3 is 24.4 Å². The summed E-state index contributed by atoms with van der Waals surface area (Å²) in [4.78, 5) is 30.6. The zero-order chi connectivity index (χ0) is 29.4. The zero-order valence-electron chi connectivity index (χ0n) is 24.4. The normalized spacial score (nSPS) is 16.4. The molecule has 0 spiro atoms. The van der Waals surface area contributed by atoms with Gasteiger partial charge in [0, 0.05) is 18.7 Å². The number of rotatable bonds is 13. The lowest BCUT2D eigenvalue weighted by molar-refractivity contribution is -0.140. The second kappa shape index (κ2) is 14.0. The number of ether oxygens (including phenoxy) is 2. The van der Waals surface area contributed by atoms with Crippen LogP contribution in [0.25, 0.3) is 5.76 Å². The van der Waals surface area contributed by atoms with Crippen molar-refractivity contribution >= 4 is 17.4 Å². The van der Waals surface area contributed by atoms with Crippen LogP contribution in [0.4, 0.5) is 0 Å². The van der Waals surface area contributed by atoms with Gasteiger partial charge >= 0.3 is 0 Å². The summed E-state index contributed by atoms with van der Waals surface area (Å²) in [6.07, 6.45) is 0.883. The molecule has 3 aromatic carbocycles. The molecule has 1 unspecified atom stereocenters. The van der Waals surface area contributed by atoms with Crippen molar-refractivity contribution < 1.29 is 24.2 Å². The first-order valence-electron chi connectivity index (χ1n) is 14.4. The highest BCUT2D eigenvalue weighted by Crippen LogP contribution is 2.40. The van der Waals surface area contributed by atoms with Crippen LogP contribution in [0.3, 0.4) is 0 Å². The van der Waals surface area contributed by atoms with E-state index in [4.69, 9.17) is 9.47 Å². The Bertz CT molecular complexity index is 1360. The van der Waals surface area contributed by atoms with Crippen molar-refractivity contribution in [2.75, 3.05) is 32.8 Å². The van der Waals surface area contributed by atoms with E-state index in [1.807, 2.05) is 74.5 Å². The third-order valence-electron chi connectivity index (χ3n) is 7.46. The molecule has 41 heavy (non-hydrogen) atoms. The van der Waals surface area contributed by atoms with Crippen LogP contribution in [-0.2, 0) is 16.2 Å². The fraction of sp³-hybridized carbons (Fsp3) is 0.353. The average Bonchev–Trinajstić information content (AvgIpc) is 3.25. The molecule has 0 saturated carbocycles. The molecule has 1 aliphatic heterocycles. The predicted octanol–water partition coefficient (Wildman–Crippen LogP) is 6.13. The van der Waals surface area contributed by atoms with Crippen LogP contribution in [0.5, 0.6) is 11.5 Å². The molecule has 0 aliphatic carbocycles. The monoisotopic (exact) mass is 556 g/mol. The fourth-order valence-electron chi connectivity index (χ4n) is 5.09. The molecule has 1 N–H and O–H groups in total. The molecule has 216 valence electrons. The van der Waals surface area contributed by atoms with Gasteiger partial charge in [0.2, 0.25) is 0 Å². The number of amides is 1. The highest BCUT2D eigenvalue weighted by atomic mass is 16.5. The first kappa shape index (κ1) is 29.9. The van der Waals surface area contributed by atoms with Crippen molar-refractivity contribution in [1.82, 2.24) is 9.80 Å². The Labute approximate surface area is 243 Å². The number of nitrogens with zero attached hydrogens (tertiary/aromatic N) is 2. The van der Waals surface area contributed by atoms with Crippen molar-refractivity contribution in [2.24, 2.45) is 0 Å². The smallest absolute Gasteiger partial charge is 0.295 e. The van der Waals surface area contributed by atoms with Gasteiger partial charge in [-0.2, -0.15) is 0 Å². The van der Waals surface area contributed by atoms with Gasteiger partial charge in [0.25, 0.3) is 11.7 Å². The molecule has 7 nitrogen and oxygen atoms in total. The maximum atomic E-state index is 13.5. The minimum Gasteiger partial charge on any atom is -0.507 e. The number of aliphatic hydroxyl groups excluding tert-OH is 1. The number of aryl methyl sites for hydroxylation is 1. The Hall–Kier alpha value is -4.10. The number of hydrogen-bond donors (Lipinski definition) is 1. The van der Waals surface area contributed by atoms with Gasteiger partial charge in [0.05, 0.1) is 18.2 Å². The summed E-state index contributed by atoms with van der Waals surface area (Å²) >= 11 is 0. The van der Waals surface area contributed by atoms with Gasteiger partial charge in [-0.15, -0.1) is 0 Å². The van der Waals surface area contributed by atoms with Crippen molar-refractivity contribution in [3.05, 3.63) is 101 Å². The van der Waals surface area contributed by atoms with Crippen LogP contribution in [0, 0.1) is 6.92 Å². The largest absolute Gasteiger partial charge is 0.507 e. The lowest BCUT2D eigenvalue weighted by Gasteiger charge is -2.28. The molecular weight excluding hydrogens is 516 g/mol. The van der Waals surface area contributed by atoms with Crippen molar-refractivity contribution in [3.8, 4) is 11.5 Å². The molecule has 7 heteroatoms. The fourth-order valence-corrected chi connectivity index (χ4v) is 5.09. The highest BCUT2D eigenvalue weighted by molar-refractivity contribution is 6.46. The summed E-state index contributed by atoms with van der Waals surface area (Å²) in [5.41, 5.74) is 3.15. The quantitative estimate of drug-likeness (QED) is 0.155. The molecule has 1 saturated heterocycles. The van der Waals surface area contributed by atoms with Crippen LogP contribution >= 0.6 is 0 Å². The molecule has 1 heterocycles. The number of aliphatic hydroxyl groups is 1. The lowest BCUT2D eigenvalue weighted by atomic mass is 9.94. The van der Waals surface area contributed by atoms with Gasteiger partial charge in [-0.3, -0.25) is 9.59 Å². The van der Waals surface area contributed by atoms with Gasteiger partial charge in [-0.1, -0.05) is 63.2 Å². The molecule has 1 amide bonds. The van der Waals surface area contributed by atoms with Crippen molar-refractivity contribution in [3.63, 3.8) is 0 Å². The molecule has 1 fully saturated rings. The zero-order valence-corrected chi connectivity index (χ0v) is 24.4. The highest BCUT2D eigenvalue weighted by Gasteiger charge is 2.46. The summed E-state index contributed by atoms with van der Waals surface area (Å²) in [6, 6.07) is 22.0. The number of likely N-dealkylation sites (tertiary alicyclic amines) is 1. The average molecular weight is 557 g/mol. The van der Waals surface area contributed by atoms with Crippen LogP contribution in [0.15, 0.2) is 78.4 Å².